The lowest BCUT2D eigenvalue weighted by Crippen LogP contribution is -2.13. The van der Waals surface area contributed by atoms with Crippen LogP contribution in [0.15, 0.2) is 43.1 Å². The number of hydrogen-bond donors (Lipinski definition) is 2. The van der Waals surface area contributed by atoms with Gasteiger partial charge in [0.25, 0.3) is 0 Å². The van der Waals surface area contributed by atoms with E-state index in [1.807, 2.05) is 24.3 Å². The summed E-state index contributed by atoms with van der Waals surface area (Å²) in [4.78, 5) is 15.5. The summed E-state index contributed by atoms with van der Waals surface area (Å²) in [7, 11) is 0. The van der Waals surface area contributed by atoms with Gasteiger partial charge in [-0.2, -0.15) is 0 Å². The Balaban J connectivity index is 2.14. The van der Waals surface area contributed by atoms with Gasteiger partial charge in [-0.3, -0.25) is 4.98 Å². The summed E-state index contributed by atoms with van der Waals surface area (Å²) in [6, 6.07) is 7.45. The van der Waals surface area contributed by atoms with E-state index in [4.69, 9.17) is 4.74 Å². The molecule has 0 spiro atoms. The Kier molecular flexibility index (Phi) is 5.29. The fourth-order valence-corrected chi connectivity index (χ4v) is 2.01. The van der Waals surface area contributed by atoms with Crippen LogP contribution < -0.4 is 5.32 Å². The SMILES string of the molecule is C=CCCOCCNc1c(C(=O)O)cnc2ccccc12. The van der Waals surface area contributed by atoms with Crippen molar-refractivity contribution in [1.82, 2.24) is 4.98 Å². The Labute approximate surface area is 123 Å². The van der Waals surface area contributed by atoms with Crippen LogP contribution in [0.3, 0.4) is 0 Å². The molecule has 5 heteroatoms. The average molecular weight is 286 g/mol. The summed E-state index contributed by atoms with van der Waals surface area (Å²) in [5, 5.41) is 13.2. The van der Waals surface area contributed by atoms with Crippen LogP contribution in [0.2, 0.25) is 0 Å². The van der Waals surface area contributed by atoms with Gasteiger partial charge in [0.15, 0.2) is 0 Å². The molecule has 0 radical (unpaired) electrons. The van der Waals surface area contributed by atoms with Crippen LogP contribution in [-0.4, -0.2) is 35.8 Å². The highest BCUT2D eigenvalue weighted by Gasteiger charge is 2.13. The Morgan fingerprint density at radius 3 is 2.95 bits per heavy atom. The van der Waals surface area contributed by atoms with Gasteiger partial charge < -0.3 is 15.2 Å². The van der Waals surface area contributed by atoms with Gasteiger partial charge in [-0.1, -0.05) is 24.3 Å². The number of carboxylic acid groups (broad SMARTS) is 1. The number of aromatic carboxylic acids is 1. The van der Waals surface area contributed by atoms with Gasteiger partial charge in [-0.05, 0) is 12.5 Å². The second-order valence-electron chi connectivity index (χ2n) is 4.49. The molecule has 2 N–H and O–H groups in total. The van der Waals surface area contributed by atoms with Crippen molar-refractivity contribution in [2.45, 2.75) is 6.42 Å². The number of hydrogen-bond acceptors (Lipinski definition) is 4. The molecule has 0 atom stereocenters. The van der Waals surface area contributed by atoms with Gasteiger partial charge in [-0.25, -0.2) is 4.79 Å². The Hall–Kier alpha value is -2.40. The molecule has 2 aromatic rings. The number of pyridine rings is 1. The number of aromatic nitrogens is 1. The van der Waals surface area contributed by atoms with Crippen molar-refractivity contribution in [3.8, 4) is 0 Å². The highest BCUT2D eigenvalue weighted by molar-refractivity contribution is 6.04. The standard InChI is InChI=1S/C16H18N2O3/c1-2-3-9-21-10-8-17-15-12-6-4-5-7-14(12)18-11-13(15)16(19)20/h2,4-7,11H,1,3,8-10H2,(H,17,18)(H,19,20). The third-order valence-corrected chi connectivity index (χ3v) is 3.02. The number of nitrogens with one attached hydrogen (secondary N) is 1. The molecule has 0 aliphatic carbocycles. The molecule has 110 valence electrons. The van der Waals surface area contributed by atoms with E-state index in [1.54, 1.807) is 6.08 Å². The van der Waals surface area contributed by atoms with E-state index in [1.165, 1.54) is 6.20 Å². The number of benzene rings is 1. The number of fused-ring (bicyclic) bond motifs is 1. The molecule has 0 saturated heterocycles. The zero-order valence-corrected chi connectivity index (χ0v) is 11.7. The average Bonchev–Trinajstić information content (AvgIpc) is 2.50. The molecule has 0 aliphatic heterocycles. The predicted octanol–water partition coefficient (Wildman–Crippen LogP) is 2.94. The lowest BCUT2D eigenvalue weighted by Gasteiger charge is -2.12. The van der Waals surface area contributed by atoms with Crippen molar-refractivity contribution in [2.75, 3.05) is 25.1 Å². The minimum Gasteiger partial charge on any atom is -0.478 e. The third-order valence-electron chi connectivity index (χ3n) is 3.02. The van der Waals surface area contributed by atoms with E-state index in [9.17, 15) is 9.90 Å². The Morgan fingerprint density at radius 2 is 2.19 bits per heavy atom. The molecule has 0 saturated carbocycles. The van der Waals surface area contributed by atoms with Crippen molar-refractivity contribution in [1.29, 1.82) is 0 Å². The lowest BCUT2D eigenvalue weighted by molar-refractivity contribution is 0.0697. The highest BCUT2D eigenvalue weighted by atomic mass is 16.5. The van der Waals surface area contributed by atoms with Crippen LogP contribution in [0.1, 0.15) is 16.8 Å². The minimum absolute atomic E-state index is 0.166. The topological polar surface area (TPSA) is 71.5 Å². The molecule has 1 aromatic carbocycles. The predicted molar refractivity (Wildman–Crippen MR) is 82.8 cm³/mol. The Bertz CT molecular complexity index is 640. The highest BCUT2D eigenvalue weighted by Crippen LogP contribution is 2.25. The molecule has 0 aliphatic rings. The number of nitrogens with zero attached hydrogens (tertiary/aromatic N) is 1. The van der Waals surface area contributed by atoms with Gasteiger partial charge in [0.2, 0.25) is 0 Å². The van der Waals surface area contributed by atoms with Crippen molar-refractivity contribution >= 4 is 22.6 Å². The van der Waals surface area contributed by atoms with E-state index in [2.05, 4.69) is 16.9 Å². The maximum absolute atomic E-state index is 11.3. The van der Waals surface area contributed by atoms with Crippen molar-refractivity contribution in [3.63, 3.8) is 0 Å². The molecule has 0 unspecified atom stereocenters. The number of rotatable bonds is 8. The largest absolute Gasteiger partial charge is 0.478 e. The number of para-hydroxylation sites is 1. The molecule has 5 nitrogen and oxygen atoms in total. The van der Waals surface area contributed by atoms with Gasteiger partial charge in [0, 0.05) is 18.1 Å². The molecule has 0 amide bonds. The number of carbonyl (C=O) groups is 1. The van der Waals surface area contributed by atoms with Crippen molar-refractivity contribution in [2.24, 2.45) is 0 Å². The van der Waals surface area contributed by atoms with E-state index in [0.29, 0.717) is 25.4 Å². The molecule has 2 rings (SSSR count). The fraction of sp³-hybridized carbons (Fsp3) is 0.250. The zero-order valence-electron chi connectivity index (χ0n) is 11.7. The molecule has 0 bridgehead atoms. The summed E-state index contributed by atoms with van der Waals surface area (Å²) in [5.74, 6) is -0.997. The fourth-order valence-electron chi connectivity index (χ4n) is 2.01. The summed E-state index contributed by atoms with van der Waals surface area (Å²) in [6.45, 7) is 5.28. The van der Waals surface area contributed by atoms with Crippen LogP contribution in [0.4, 0.5) is 5.69 Å². The number of carboxylic acids is 1. The summed E-state index contributed by atoms with van der Waals surface area (Å²) < 4.78 is 5.41. The second-order valence-corrected chi connectivity index (χ2v) is 4.49. The maximum Gasteiger partial charge on any atom is 0.339 e. The minimum atomic E-state index is -0.997. The van der Waals surface area contributed by atoms with Gasteiger partial charge in [0.1, 0.15) is 5.56 Å². The molecule has 21 heavy (non-hydrogen) atoms. The van der Waals surface area contributed by atoms with Crippen LogP contribution in [-0.2, 0) is 4.74 Å². The number of ether oxygens (including phenoxy) is 1. The van der Waals surface area contributed by atoms with Crippen LogP contribution in [0.25, 0.3) is 10.9 Å². The maximum atomic E-state index is 11.3. The quantitative estimate of drug-likeness (QED) is 0.576. The molecular formula is C16H18N2O3. The van der Waals surface area contributed by atoms with Gasteiger partial charge in [0.05, 0.1) is 24.4 Å². The van der Waals surface area contributed by atoms with Crippen molar-refractivity contribution < 1.29 is 14.6 Å². The molecular weight excluding hydrogens is 268 g/mol. The summed E-state index contributed by atoms with van der Waals surface area (Å²) in [6.07, 6.45) is 3.98. The first kappa shape index (κ1) is 15.0. The monoisotopic (exact) mass is 286 g/mol. The van der Waals surface area contributed by atoms with Gasteiger partial charge >= 0.3 is 5.97 Å². The first-order chi connectivity index (χ1) is 10.2. The van der Waals surface area contributed by atoms with Gasteiger partial charge in [-0.15, -0.1) is 6.58 Å². The van der Waals surface area contributed by atoms with E-state index >= 15 is 0 Å². The zero-order chi connectivity index (χ0) is 15.1. The molecule has 1 heterocycles. The lowest BCUT2D eigenvalue weighted by atomic mass is 10.1. The first-order valence-corrected chi connectivity index (χ1v) is 6.77. The van der Waals surface area contributed by atoms with E-state index in [0.717, 1.165) is 17.3 Å². The van der Waals surface area contributed by atoms with Crippen LogP contribution in [0.5, 0.6) is 0 Å². The summed E-state index contributed by atoms with van der Waals surface area (Å²) in [5.41, 5.74) is 1.51. The van der Waals surface area contributed by atoms with E-state index < -0.39 is 5.97 Å². The Morgan fingerprint density at radius 1 is 1.38 bits per heavy atom. The van der Waals surface area contributed by atoms with Crippen molar-refractivity contribution in [3.05, 3.63) is 48.7 Å². The normalized spacial score (nSPS) is 10.5. The second kappa shape index (κ2) is 7.40. The van der Waals surface area contributed by atoms with Crippen LogP contribution in [0, 0.1) is 0 Å². The third kappa shape index (κ3) is 3.79. The summed E-state index contributed by atoms with van der Waals surface area (Å²) >= 11 is 0. The van der Waals surface area contributed by atoms with E-state index in [-0.39, 0.29) is 5.56 Å². The molecule has 1 aromatic heterocycles. The molecule has 0 fully saturated rings. The smallest absolute Gasteiger partial charge is 0.339 e. The van der Waals surface area contributed by atoms with Crippen LogP contribution >= 0.6 is 0 Å². The number of anilines is 1. The first-order valence-electron chi connectivity index (χ1n) is 6.77.